The van der Waals surface area contributed by atoms with Crippen LogP contribution in [0.2, 0.25) is 0 Å². The highest BCUT2D eigenvalue weighted by atomic mass is 16.2. The Kier molecular flexibility index (Phi) is 5.85. The predicted molar refractivity (Wildman–Crippen MR) is 126 cm³/mol. The first-order valence-electron chi connectivity index (χ1n) is 11.2. The minimum Gasteiger partial charge on any atom is -0.353 e. The number of pyridine rings is 1. The summed E-state index contributed by atoms with van der Waals surface area (Å²) in [7, 11) is 0. The second-order valence-electron chi connectivity index (χ2n) is 8.22. The van der Waals surface area contributed by atoms with Gasteiger partial charge >= 0.3 is 5.69 Å². The minimum absolute atomic E-state index is 0.102. The summed E-state index contributed by atoms with van der Waals surface area (Å²) in [6, 6.07) is 23.4. The Bertz CT molecular complexity index is 1240. The maximum Gasteiger partial charge on any atom is 0.346 e. The summed E-state index contributed by atoms with van der Waals surface area (Å²) in [4.78, 5) is 30.4. The van der Waals surface area contributed by atoms with Crippen LogP contribution in [0.15, 0.2) is 90.0 Å². The summed E-state index contributed by atoms with van der Waals surface area (Å²) in [5.41, 5.74) is 2.52. The quantitative estimate of drug-likeness (QED) is 0.456. The molecule has 0 radical (unpaired) electrons. The molecule has 7 heteroatoms. The van der Waals surface area contributed by atoms with Crippen LogP contribution in [-0.2, 0) is 11.3 Å². The lowest BCUT2D eigenvalue weighted by Gasteiger charge is -2.17. The van der Waals surface area contributed by atoms with Gasteiger partial charge in [0.15, 0.2) is 5.82 Å². The van der Waals surface area contributed by atoms with Gasteiger partial charge in [0.2, 0.25) is 5.91 Å². The Morgan fingerprint density at radius 2 is 1.64 bits per heavy atom. The molecule has 2 heterocycles. The van der Waals surface area contributed by atoms with Crippen LogP contribution in [0.1, 0.15) is 35.9 Å². The van der Waals surface area contributed by atoms with Gasteiger partial charge in [-0.15, -0.1) is 5.10 Å². The fourth-order valence-electron chi connectivity index (χ4n) is 4.09. The van der Waals surface area contributed by atoms with Crippen molar-refractivity contribution in [2.75, 3.05) is 6.54 Å². The van der Waals surface area contributed by atoms with Crippen molar-refractivity contribution >= 4 is 5.91 Å². The van der Waals surface area contributed by atoms with E-state index < -0.39 is 5.92 Å². The zero-order valence-corrected chi connectivity index (χ0v) is 18.2. The van der Waals surface area contributed by atoms with E-state index in [1.165, 1.54) is 4.68 Å². The number of benzene rings is 2. The van der Waals surface area contributed by atoms with E-state index in [-0.39, 0.29) is 17.6 Å². The van der Waals surface area contributed by atoms with E-state index in [2.05, 4.69) is 15.4 Å². The average molecular weight is 440 g/mol. The Hall–Kier alpha value is -4.00. The summed E-state index contributed by atoms with van der Waals surface area (Å²) in [6.45, 7) is 0.608. The van der Waals surface area contributed by atoms with Gasteiger partial charge in [-0.05, 0) is 36.1 Å². The van der Waals surface area contributed by atoms with Crippen molar-refractivity contribution in [1.82, 2.24) is 24.6 Å². The molecule has 1 aliphatic rings. The van der Waals surface area contributed by atoms with E-state index >= 15 is 0 Å². The van der Waals surface area contributed by atoms with Crippen molar-refractivity contribution in [3.63, 3.8) is 0 Å². The third-order valence-corrected chi connectivity index (χ3v) is 5.85. The van der Waals surface area contributed by atoms with Gasteiger partial charge < -0.3 is 5.32 Å². The SMILES string of the molecule is O=C(NCCn1nc(-c2cccnc2)n(C2CC2)c1=O)C(c1ccccc1)c1ccccc1. The molecule has 0 saturated heterocycles. The molecule has 0 aliphatic heterocycles. The largest absolute Gasteiger partial charge is 0.353 e. The van der Waals surface area contributed by atoms with E-state index in [0.29, 0.717) is 18.9 Å². The molecular formula is C26H25N5O2. The van der Waals surface area contributed by atoms with Crippen molar-refractivity contribution in [3.05, 3.63) is 107 Å². The van der Waals surface area contributed by atoms with E-state index in [1.807, 2.05) is 72.8 Å². The Morgan fingerprint density at radius 3 is 2.21 bits per heavy atom. The van der Waals surface area contributed by atoms with Crippen LogP contribution in [0.4, 0.5) is 0 Å². The third-order valence-electron chi connectivity index (χ3n) is 5.85. The van der Waals surface area contributed by atoms with Crippen LogP contribution in [0.5, 0.6) is 0 Å². The highest BCUT2D eigenvalue weighted by molar-refractivity contribution is 5.87. The smallest absolute Gasteiger partial charge is 0.346 e. The molecule has 166 valence electrons. The molecule has 2 aromatic carbocycles. The number of carbonyl (C=O) groups is 1. The number of hydrogen-bond acceptors (Lipinski definition) is 4. The second kappa shape index (κ2) is 9.24. The zero-order valence-electron chi connectivity index (χ0n) is 18.2. The Labute approximate surface area is 191 Å². The number of amides is 1. The molecule has 5 rings (SSSR count). The van der Waals surface area contributed by atoms with Crippen molar-refractivity contribution in [1.29, 1.82) is 0 Å². The minimum atomic E-state index is -0.418. The molecule has 1 aliphatic carbocycles. The number of hydrogen-bond donors (Lipinski definition) is 1. The summed E-state index contributed by atoms with van der Waals surface area (Å²) in [5, 5.41) is 7.58. The van der Waals surface area contributed by atoms with Gasteiger partial charge in [-0.3, -0.25) is 14.3 Å². The molecule has 7 nitrogen and oxygen atoms in total. The fourth-order valence-corrected chi connectivity index (χ4v) is 4.09. The van der Waals surface area contributed by atoms with E-state index in [9.17, 15) is 9.59 Å². The van der Waals surface area contributed by atoms with E-state index in [0.717, 1.165) is 29.5 Å². The first-order valence-corrected chi connectivity index (χ1v) is 11.2. The molecule has 1 N–H and O–H groups in total. The molecule has 1 saturated carbocycles. The second-order valence-corrected chi connectivity index (χ2v) is 8.22. The van der Waals surface area contributed by atoms with Crippen molar-refractivity contribution in [2.24, 2.45) is 0 Å². The number of aromatic nitrogens is 4. The number of nitrogens with one attached hydrogen (secondary N) is 1. The van der Waals surface area contributed by atoms with Crippen molar-refractivity contribution in [2.45, 2.75) is 31.3 Å². The topological polar surface area (TPSA) is 81.8 Å². The van der Waals surface area contributed by atoms with Crippen LogP contribution < -0.4 is 11.0 Å². The maximum atomic E-state index is 13.2. The molecule has 1 amide bonds. The summed E-state index contributed by atoms with van der Waals surface area (Å²) in [5.74, 6) is 0.113. The molecule has 0 atom stereocenters. The highest BCUT2D eigenvalue weighted by Gasteiger charge is 2.30. The van der Waals surface area contributed by atoms with E-state index in [4.69, 9.17) is 0 Å². The van der Waals surface area contributed by atoms with Gasteiger partial charge in [-0.25, -0.2) is 9.48 Å². The van der Waals surface area contributed by atoms with Crippen LogP contribution in [0.25, 0.3) is 11.4 Å². The van der Waals surface area contributed by atoms with E-state index in [1.54, 1.807) is 17.0 Å². The van der Waals surface area contributed by atoms with Gasteiger partial charge in [0.25, 0.3) is 0 Å². The molecular weight excluding hydrogens is 414 g/mol. The lowest BCUT2D eigenvalue weighted by Crippen LogP contribution is -2.35. The van der Waals surface area contributed by atoms with Crippen LogP contribution >= 0.6 is 0 Å². The van der Waals surface area contributed by atoms with Crippen molar-refractivity contribution in [3.8, 4) is 11.4 Å². The van der Waals surface area contributed by atoms with Crippen molar-refractivity contribution < 1.29 is 4.79 Å². The highest BCUT2D eigenvalue weighted by Crippen LogP contribution is 2.36. The van der Waals surface area contributed by atoms with Gasteiger partial charge in [0.1, 0.15) is 0 Å². The molecule has 4 aromatic rings. The maximum absolute atomic E-state index is 13.2. The Morgan fingerprint density at radius 1 is 0.970 bits per heavy atom. The first kappa shape index (κ1) is 20.9. The fraction of sp³-hybridized carbons (Fsp3) is 0.231. The number of rotatable bonds is 8. The normalized spacial score (nSPS) is 13.2. The van der Waals surface area contributed by atoms with Gasteiger partial charge in [0.05, 0.1) is 12.5 Å². The lowest BCUT2D eigenvalue weighted by atomic mass is 9.90. The van der Waals surface area contributed by atoms with Crippen LogP contribution in [-0.4, -0.2) is 31.8 Å². The molecule has 1 fully saturated rings. The lowest BCUT2D eigenvalue weighted by molar-refractivity contribution is -0.121. The molecule has 0 spiro atoms. The zero-order chi connectivity index (χ0) is 22.6. The van der Waals surface area contributed by atoms with Gasteiger partial charge in [-0.2, -0.15) is 0 Å². The molecule has 33 heavy (non-hydrogen) atoms. The monoisotopic (exact) mass is 439 g/mol. The molecule has 2 aromatic heterocycles. The summed E-state index contributed by atoms with van der Waals surface area (Å²) < 4.78 is 3.20. The third kappa shape index (κ3) is 4.48. The first-order chi connectivity index (χ1) is 16.2. The summed E-state index contributed by atoms with van der Waals surface area (Å²) >= 11 is 0. The van der Waals surface area contributed by atoms with Crippen LogP contribution in [0.3, 0.4) is 0 Å². The predicted octanol–water partition coefficient (Wildman–Crippen LogP) is 3.39. The van der Waals surface area contributed by atoms with Gasteiger partial charge in [-0.1, -0.05) is 60.7 Å². The molecule has 0 unspecified atom stereocenters. The standard InChI is InChI=1S/C26H25N5O2/c32-25(23(19-8-3-1-4-9-19)20-10-5-2-6-11-20)28-16-17-30-26(33)31(22-13-14-22)24(29-30)21-12-7-15-27-18-21/h1-12,15,18,22-23H,13-14,16-17H2,(H,28,32). The Balaban J connectivity index is 1.34. The molecule has 0 bridgehead atoms. The average Bonchev–Trinajstić information content (AvgIpc) is 3.64. The number of nitrogens with zero attached hydrogens (tertiary/aromatic N) is 4. The van der Waals surface area contributed by atoms with Crippen LogP contribution in [0, 0.1) is 0 Å². The van der Waals surface area contributed by atoms with Gasteiger partial charge in [0, 0.05) is 30.5 Å². The number of carbonyl (C=O) groups excluding carboxylic acids is 1. The summed E-state index contributed by atoms with van der Waals surface area (Å²) in [6.07, 6.45) is 5.37.